The van der Waals surface area contributed by atoms with Crippen LogP contribution in [0.2, 0.25) is 0 Å². The molecule has 0 bridgehead atoms. The zero-order valence-electron chi connectivity index (χ0n) is 9.01. The van der Waals surface area contributed by atoms with Gasteiger partial charge in [-0.25, -0.2) is 0 Å². The summed E-state index contributed by atoms with van der Waals surface area (Å²) in [5, 5.41) is 6.25. The van der Waals surface area contributed by atoms with Crippen LogP contribution in [0.15, 0.2) is 53.8 Å². The van der Waals surface area contributed by atoms with Crippen LogP contribution in [0.5, 0.6) is 0 Å². The van der Waals surface area contributed by atoms with Crippen LogP contribution in [0.25, 0.3) is 5.57 Å². The van der Waals surface area contributed by atoms with Gasteiger partial charge in [0.1, 0.15) is 0 Å². The molecule has 0 aliphatic carbocycles. The second-order valence-electron chi connectivity index (χ2n) is 3.55. The highest BCUT2D eigenvalue weighted by atomic mass is 15.4. The van der Waals surface area contributed by atoms with Gasteiger partial charge in [-0.15, -0.1) is 0 Å². The minimum Gasteiger partial charge on any atom is -0.276 e. The minimum atomic E-state index is 1.04. The van der Waals surface area contributed by atoms with Crippen LogP contribution in [0, 0.1) is 0 Å². The Bertz CT molecular complexity index is 427. The van der Waals surface area contributed by atoms with Crippen molar-refractivity contribution in [2.24, 2.45) is 5.10 Å². The molecule has 1 aromatic carbocycles. The zero-order valence-corrected chi connectivity index (χ0v) is 9.01. The average Bonchev–Trinajstić information content (AvgIpc) is 2.40. The Morgan fingerprint density at radius 1 is 1.13 bits per heavy atom. The molecular weight excluding hydrogens is 184 g/mol. The Balaban J connectivity index is 2.42. The number of nitrogens with zero attached hydrogens (tertiary/aromatic N) is 2. The van der Waals surface area contributed by atoms with Crippen molar-refractivity contribution in [1.82, 2.24) is 5.01 Å². The lowest BCUT2D eigenvalue weighted by molar-refractivity contribution is 0.492. The van der Waals surface area contributed by atoms with E-state index in [-0.39, 0.29) is 0 Å². The fourth-order valence-electron chi connectivity index (χ4n) is 1.63. The van der Waals surface area contributed by atoms with E-state index in [0.29, 0.717) is 0 Å². The molecule has 1 aliphatic heterocycles. The third kappa shape index (κ3) is 2.15. The minimum absolute atomic E-state index is 1.04. The van der Waals surface area contributed by atoms with Gasteiger partial charge in [0.05, 0.1) is 5.71 Å². The highest BCUT2D eigenvalue weighted by Gasteiger charge is 2.06. The van der Waals surface area contributed by atoms with Gasteiger partial charge in [-0.3, -0.25) is 5.01 Å². The van der Waals surface area contributed by atoms with E-state index in [9.17, 15) is 0 Å². The Morgan fingerprint density at radius 3 is 2.60 bits per heavy atom. The van der Waals surface area contributed by atoms with Gasteiger partial charge >= 0.3 is 0 Å². The van der Waals surface area contributed by atoms with Crippen molar-refractivity contribution in [3.8, 4) is 0 Å². The predicted octanol–water partition coefficient (Wildman–Crippen LogP) is 2.91. The van der Waals surface area contributed by atoms with Gasteiger partial charge in [0, 0.05) is 18.8 Å². The van der Waals surface area contributed by atoms with Crippen LogP contribution in [0.1, 0.15) is 12.5 Å². The first kappa shape index (κ1) is 9.71. The summed E-state index contributed by atoms with van der Waals surface area (Å²) in [4.78, 5) is 0. The molecule has 0 fully saturated rings. The molecule has 15 heavy (non-hydrogen) atoms. The summed E-state index contributed by atoms with van der Waals surface area (Å²) in [6.45, 7) is 2.03. The van der Waals surface area contributed by atoms with E-state index in [2.05, 4.69) is 23.3 Å². The number of hydrazone groups is 1. The van der Waals surface area contributed by atoms with Crippen LogP contribution in [-0.2, 0) is 0 Å². The summed E-state index contributed by atoms with van der Waals surface area (Å²) in [6, 6.07) is 10.3. The lowest BCUT2D eigenvalue weighted by Gasteiger charge is -2.08. The second kappa shape index (κ2) is 4.13. The van der Waals surface area contributed by atoms with Crippen molar-refractivity contribution in [2.75, 3.05) is 7.05 Å². The summed E-state index contributed by atoms with van der Waals surface area (Å²) >= 11 is 0. The van der Waals surface area contributed by atoms with E-state index >= 15 is 0 Å². The van der Waals surface area contributed by atoms with Crippen LogP contribution in [-0.4, -0.2) is 17.8 Å². The molecule has 0 unspecified atom stereocenters. The first-order valence-corrected chi connectivity index (χ1v) is 5.00. The number of hydrogen-bond acceptors (Lipinski definition) is 2. The summed E-state index contributed by atoms with van der Waals surface area (Å²) in [5.74, 6) is 0. The van der Waals surface area contributed by atoms with Gasteiger partial charge < -0.3 is 0 Å². The number of hydrogen-bond donors (Lipinski definition) is 0. The van der Waals surface area contributed by atoms with Gasteiger partial charge in [-0.2, -0.15) is 5.10 Å². The summed E-state index contributed by atoms with van der Waals surface area (Å²) in [7, 11) is 1.93. The van der Waals surface area contributed by atoms with Gasteiger partial charge in [0.2, 0.25) is 0 Å². The third-order valence-corrected chi connectivity index (χ3v) is 2.35. The lowest BCUT2D eigenvalue weighted by atomic mass is 10.0. The van der Waals surface area contributed by atoms with Gasteiger partial charge in [0.25, 0.3) is 0 Å². The molecular formula is C13H14N2. The van der Waals surface area contributed by atoms with E-state index in [1.54, 1.807) is 0 Å². The maximum absolute atomic E-state index is 4.43. The zero-order chi connectivity index (χ0) is 10.7. The van der Waals surface area contributed by atoms with Gasteiger partial charge in [-0.1, -0.05) is 36.4 Å². The summed E-state index contributed by atoms with van der Waals surface area (Å²) < 4.78 is 0. The van der Waals surface area contributed by atoms with E-state index in [1.165, 1.54) is 11.1 Å². The Kier molecular flexibility index (Phi) is 2.68. The highest BCUT2D eigenvalue weighted by Crippen LogP contribution is 2.18. The van der Waals surface area contributed by atoms with E-state index in [0.717, 1.165) is 5.71 Å². The maximum Gasteiger partial charge on any atom is 0.0656 e. The SMILES string of the molecule is CC1=NN(C)C=CC=C1c1ccccc1. The van der Waals surface area contributed by atoms with Crippen LogP contribution in [0.4, 0.5) is 0 Å². The van der Waals surface area contributed by atoms with Crippen molar-refractivity contribution in [1.29, 1.82) is 0 Å². The van der Waals surface area contributed by atoms with E-state index in [4.69, 9.17) is 0 Å². The van der Waals surface area contributed by atoms with Gasteiger partial charge in [-0.05, 0) is 18.6 Å². The van der Waals surface area contributed by atoms with Crippen molar-refractivity contribution in [3.05, 3.63) is 54.2 Å². The molecule has 1 heterocycles. The van der Waals surface area contributed by atoms with Crippen molar-refractivity contribution >= 4 is 11.3 Å². The summed E-state index contributed by atoms with van der Waals surface area (Å²) in [5.41, 5.74) is 3.42. The van der Waals surface area contributed by atoms with E-state index < -0.39 is 0 Å². The number of benzene rings is 1. The van der Waals surface area contributed by atoms with Crippen molar-refractivity contribution in [2.45, 2.75) is 6.92 Å². The molecule has 2 rings (SSSR count). The molecule has 0 amide bonds. The fraction of sp³-hybridized carbons (Fsp3) is 0.154. The molecule has 0 radical (unpaired) electrons. The fourth-order valence-corrected chi connectivity index (χ4v) is 1.63. The van der Waals surface area contributed by atoms with Crippen LogP contribution < -0.4 is 0 Å². The average molecular weight is 198 g/mol. The molecule has 1 aromatic rings. The second-order valence-corrected chi connectivity index (χ2v) is 3.55. The van der Waals surface area contributed by atoms with E-state index in [1.807, 2.05) is 49.5 Å². The predicted molar refractivity (Wildman–Crippen MR) is 64.4 cm³/mol. The monoisotopic (exact) mass is 198 g/mol. The Labute approximate surface area is 90.2 Å². The largest absolute Gasteiger partial charge is 0.276 e. The lowest BCUT2D eigenvalue weighted by Crippen LogP contribution is -2.05. The quantitative estimate of drug-likeness (QED) is 0.677. The molecule has 0 atom stereocenters. The standard InChI is InChI=1S/C13H14N2/c1-11-13(9-6-10-15(2)14-11)12-7-4-3-5-8-12/h3-10H,1-2H3. The molecule has 2 nitrogen and oxygen atoms in total. The van der Waals surface area contributed by atoms with Crippen molar-refractivity contribution in [3.63, 3.8) is 0 Å². The van der Waals surface area contributed by atoms with Crippen LogP contribution in [0.3, 0.4) is 0 Å². The number of allylic oxidation sites excluding steroid dienone is 3. The topological polar surface area (TPSA) is 15.6 Å². The highest BCUT2D eigenvalue weighted by molar-refractivity contribution is 6.23. The smallest absolute Gasteiger partial charge is 0.0656 e. The van der Waals surface area contributed by atoms with Crippen molar-refractivity contribution < 1.29 is 0 Å². The first-order chi connectivity index (χ1) is 7.27. The molecule has 76 valence electrons. The molecule has 0 saturated heterocycles. The molecule has 0 spiro atoms. The van der Waals surface area contributed by atoms with Gasteiger partial charge in [0.15, 0.2) is 0 Å². The molecule has 0 saturated carbocycles. The molecule has 0 aromatic heterocycles. The normalized spacial score (nSPS) is 15.7. The molecule has 1 aliphatic rings. The van der Waals surface area contributed by atoms with Crippen LogP contribution >= 0.6 is 0 Å². The Hall–Kier alpha value is -1.83. The first-order valence-electron chi connectivity index (χ1n) is 5.00. The molecule has 0 N–H and O–H groups in total. The Morgan fingerprint density at radius 2 is 1.87 bits per heavy atom. The maximum atomic E-state index is 4.43. The third-order valence-electron chi connectivity index (χ3n) is 2.35. The molecule has 2 heteroatoms. The summed E-state index contributed by atoms with van der Waals surface area (Å²) in [6.07, 6.45) is 6.06. The number of rotatable bonds is 1.